The number of aromatic carboxylic acids is 1. The molecule has 0 unspecified atom stereocenters. The summed E-state index contributed by atoms with van der Waals surface area (Å²) in [4.78, 5) is 37.5. The van der Waals surface area contributed by atoms with Crippen molar-refractivity contribution in [2.24, 2.45) is 5.41 Å². The first-order valence-electron chi connectivity index (χ1n) is 5.93. The largest absolute Gasteiger partial charge is 0.476 e. The molecule has 110 valence electrons. The highest BCUT2D eigenvalue weighted by atomic mass is 32.1. The van der Waals surface area contributed by atoms with Gasteiger partial charge in [0.1, 0.15) is 5.01 Å². The van der Waals surface area contributed by atoms with Crippen molar-refractivity contribution in [1.82, 2.24) is 15.6 Å². The SMILES string of the molecule is CC(C)(C)C(=O)NCC(=O)NCc1nc(C(=O)O)cs1. The van der Waals surface area contributed by atoms with Crippen LogP contribution in [0.25, 0.3) is 0 Å². The van der Waals surface area contributed by atoms with Gasteiger partial charge in [0, 0.05) is 10.8 Å². The van der Waals surface area contributed by atoms with E-state index in [9.17, 15) is 14.4 Å². The smallest absolute Gasteiger partial charge is 0.355 e. The molecule has 2 amide bonds. The van der Waals surface area contributed by atoms with Crippen LogP contribution in [-0.2, 0) is 16.1 Å². The van der Waals surface area contributed by atoms with Crippen molar-refractivity contribution in [1.29, 1.82) is 0 Å². The van der Waals surface area contributed by atoms with Gasteiger partial charge in [0.2, 0.25) is 11.8 Å². The highest BCUT2D eigenvalue weighted by Crippen LogP contribution is 2.12. The molecule has 7 nitrogen and oxygen atoms in total. The van der Waals surface area contributed by atoms with Gasteiger partial charge in [0.15, 0.2) is 5.69 Å². The second-order valence-electron chi connectivity index (χ2n) is 5.14. The van der Waals surface area contributed by atoms with Gasteiger partial charge < -0.3 is 15.7 Å². The Bertz CT molecular complexity index is 519. The summed E-state index contributed by atoms with van der Waals surface area (Å²) in [5.74, 6) is -1.67. The fraction of sp³-hybridized carbons (Fsp3) is 0.500. The zero-order chi connectivity index (χ0) is 15.3. The third kappa shape index (κ3) is 4.96. The maximum atomic E-state index is 11.6. The quantitative estimate of drug-likeness (QED) is 0.738. The lowest BCUT2D eigenvalue weighted by Gasteiger charge is -2.17. The van der Waals surface area contributed by atoms with Crippen molar-refractivity contribution in [3.05, 3.63) is 16.1 Å². The molecule has 0 aromatic carbocycles. The van der Waals surface area contributed by atoms with E-state index in [0.717, 1.165) is 11.3 Å². The van der Waals surface area contributed by atoms with Crippen molar-refractivity contribution in [2.75, 3.05) is 6.54 Å². The zero-order valence-corrected chi connectivity index (χ0v) is 12.3. The maximum Gasteiger partial charge on any atom is 0.355 e. The standard InChI is InChI=1S/C12H17N3O4S/c1-12(2,3)11(19)14-4-8(16)13-5-9-15-7(6-20-9)10(17)18/h6H,4-5H2,1-3H3,(H,13,16)(H,14,19)(H,17,18). The molecule has 1 aromatic heterocycles. The van der Waals surface area contributed by atoms with Crippen LogP contribution >= 0.6 is 11.3 Å². The van der Waals surface area contributed by atoms with Gasteiger partial charge >= 0.3 is 5.97 Å². The molecule has 0 aliphatic heterocycles. The number of rotatable bonds is 5. The lowest BCUT2D eigenvalue weighted by Crippen LogP contribution is -2.41. The predicted octanol–water partition coefficient (Wildman–Crippen LogP) is 0.620. The van der Waals surface area contributed by atoms with Crippen LogP contribution in [0, 0.1) is 5.41 Å². The Kier molecular flexibility index (Phi) is 5.20. The molecule has 0 spiro atoms. The molecule has 0 fully saturated rings. The second kappa shape index (κ2) is 6.47. The average molecular weight is 299 g/mol. The monoisotopic (exact) mass is 299 g/mol. The number of carbonyl (C=O) groups is 3. The summed E-state index contributed by atoms with van der Waals surface area (Å²) in [5, 5.41) is 15.7. The molecule has 1 rings (SSSR count). The molecule has 0 saturated heterocycles. The Hall–Kier alpha value is -1.96. The molecule has 3 N–H and O–H groups in total. The summed E-state index contributed by atoms with van der Waals surface area (Å²) >= 11 is 1.15. The van der Waals surface area contributed by atoms with Crippen molar-refractivity contribution in [2.45, 2.75) is 27.3 Å². The molecule has 0 bridgehead atoms. The number of hydrogen-bond acceptors (Lipinski definition) is 5. The number of carboxylic acid groups (broad SMARTS) is 1. The summed E-state index contributed by atoms with van der Waals surface area (Å²) < 4.78 is 0. The molecule has 0 saturated carbocycles. The highest BCUT2D eigenvalue weighted by molar-refractivity contribution is 7.09. The maximum absolute atomic E-state index is 11.6. The first kappa shape index (κ1) is 16.1. The Morgan fingerprint density at radius 3 is 2.45 bits per heavy atom. The lowest BCUT2D eigenvalue weighted by molar-refractivity contribution is -0.131. The van der Waals surface area contributed by atoms with Crippen LogP contribution in [0.3, 0.4) is 0 Å². The molecular formula is C12H17N3O4S. The van der Waals surface area contributed by atoms with E-state index in [1.165, 1.54) is 5.38 Å². The van der Waals surface area contributed by atoms with Gasteiger partial charge in [-0.3, -0.25) is 9.59 Å². The van der Waals surface area contributed by atoms with Gasteiger partial charge in [-0.05, 0) is 0 Å². The van der Waals surface area contributed by atoms with Crippen LogP contribution in [0.1, 0.15) is 36.3 Å². The molecule has 0 aliphatic rings. The number of thiazole rings is 1. The first-order chi connectivity index (χ1) is 9.20. The summed E-state index contributed by atoms with van der Waals surface area (Å²) in [5.41, 5.74) is -0.591. The highest BCUT2D eigenvalue weighted by Gasteiger charge is 2.21. The van der Waals surface area contributed by atoms with Crippen LogP contribution in [0.4, 0.5) is 0 Å². The lowest BCUT2D eigenvalue weighted by atomic mass is 9.96. The van der Waals surface area contributed by atoms with Gasteiger partial charge in [0.25, 0.3) is 0 Å². The second-order valence-corrected chi connectivity index (χ2v) is 6.08. The number of amides is 2. The van der Waals surface area contributed by atoms with E-state index in [0.29, 0.717) is 5.01 Å². The minimum Gasteiger partial charge on any atom is -0.476 e. The molecule has 8 heteroatoms. The third-order valence-corrected chi connectivity index (χ3v) is 3.15. The summed E-state index contributed by atoms with van der Waals surface area (Å²) in [6, 6.07) is 0. The molecule has 1 aromatic rings. The van der Waals surface area contributed by atoms with Gasteiger partial charge in [-0.25, -0.2) is 9.78 Å². The Balaban J connectivity index is 2.36. The molecule has 0 atom stereocenters. The Labute approximate surface area is 120 Å². The number of carbonyl (C=O) groups excluding carboxylic acids is 2. The van der Waals surface area contributed by atoms with Gasteiger partial charge in [0.05, 0.1) is 13.1 Å². The molecule has 0 radical (unpaired) electrons. The molecule has 20 heavy (non-hydrogen) atoms. The van der Waals surface area contributed by atoms with Gasteiger partial charge in [-0.15, -0.1) is 11.3 Å². The number of hydrogen-bond donors (Lipinski definition) is 3. The van der Waals surface area contributed by atoms with Crippen molar-refractivity contribution < 1.29 is 19.5 Å². The van der Waals surface area contributed by atoms with Crippen LogP contribution in [0.2, 0.25) is 0 Å². The summed E-state index contributed by atoms with van der Waals surface area (Å²) in [6.45, 7) is 5.28. The van der Waals surface area contributed by atoms with Crippen molar-refractivity contribution >= 4 is 29.1 Å². The summed E-state index contributed by atoms with van der Waals surface area (Å²) in [6.07, 6.45) is 0. The number of carboxylic acids is 1. The molecular weight excluding hydrogens is 282 g/mol. The van der Waals surface area contributed by atoms with Crippen molar-refractivity contribution in [3.8, 4) is 0 Å². The number of aromatic nitrogens is 1. The van der Waals surface area contributed by atoms with Gasteiger partial charge in [-0.1, -0.05) is 20.8 Å². The number of nitrogens with zero attached hydrogens (tertiary/aromatic N) is 1. The van der Waals surface area contributed by atoms with E-state index < -0.39 is 11.4 Å². The van der Waals surface area contributed by atoms with E-state index in [1.807, 2.05) is 0 Å². The predicted molar refractivity (Wildman–Crippen MR) is 73.4 cm³/mol. The van der Waals surface area contributed by atoms with E-state index in [-0.39, 0.29) is 30.6 Å². The van der Waals surface area contributed by atoms with E-state index >= 15 is 0 Å². The average Bonchev–Trinajstić information content (AvgIpc) is 2.81. The van der Waals surface area contributed by atoms with E-state index in [2.05, 4.69) is 15.6 Å². The zero-order valence-electron chi connectivity index (χ0n) is 11.5. The Morgan fingerprint density at radius 2 is 1.95 bits per heavy atom. The normalized spacial score (nSPS) is 10.9. The minimum absolute atomic E-state index is 0.0414. The van der Waals surface area contributed by atoms with Crippen LogP contribution in [0.15, 0.2) is 5.38 Å². The summed E-state index contributed by atoms with van der Waals surface area (Å²) in [7, 11) is 0. The van der Waals surface area contributed by atoms with E-state index in [1.54, 1.807) is 20.8 Å². The fourth-order valence-corrected chi connectivity index (χ4v) is 1.86. The van der Waals surface area contributed by atoms with Crippen LogP contribution < -0.4 is 10.6 Å². The topological polar surface area (TPSA) is 108 Å². The van der Waals surface area contributed by atoms with Crippen LogP contribution in [0.5, 0.6) is 0 Å². The Morgan fingerprint density at radius 1 is 1.30 bits per heavy atom. The first-order valence-corrected chi connectivity index (χ1v) is 6.81. The van der Waals surface area contributed by atoms with Gasteiger partial charge in [-0.2, -0.15) is 0 Å². The van der Waals surface area contributed by atoms with Crippen LogP contribution in [-0.4, -0.2) is 34.4 Å². The van der Waals surface area contributed by atoms with Crippen molar-refractivity contribution in [3.63, 3.8) is 0 Å². The molecule has 1 heterocycles. The minimum atomic E-state index is -1.10. The fourth-order valence-electron chi connectivity index (χ4n) is 1.15. The van der Waals surface area contributed by atoms with E-state index in [4.69, 9.17) is 5.11 Å². The third-order valence-electron chi connectivity index (χ3n) is 2.30. The molecule has 0 aliphatic carbocycles. The number of nitrogens with one attached hydrogen (secondary N) is 2.